The molecule has 106 valence electrons. The Balaban J connectivity index is 2.45. The number of likely N-dealkylation sites (N-methyl/N-ethyl adjacent to an activating group) is 1. The molecule has 0 fully saturated rings. The van der Waals surface area contributed by atoms with E-state index in [4.69, 9.17) is 5.73 Å². The van der Waals surface area contributed by atoms with Gasteiger partial charge in [-0.2, -0.15) is 0 Å². The summed E-state index contributed by atoms with van der Waals surface area (Å²) >= 11 is 0. The van der Waals surface area contributed by atoms with Crippen LogP contribution in [0.3, 0.4) is 0 Å². The first-order valence-corrected chi connectivity index (χ1v) is 6.54. The minimum absolute atomic E-state index is 0.0942. The van der Waals surface area contributed by atoms with Crippen molar-refractivity contribution in [1.29, 1.82) is 0 Å². The molecule has 0 aliphatic heterocycles. The summed E-state index contributed by atoms with van der Waals surface area (Å²) in [5, 5.41) is 0. The van der Waals surface area contributed by atoms with Gasteiger partial charge < -0.3 is 15.5 Å². The van der Waals surface area contributed by atoms with E-state index >= 15 is 0 Å². The second-order valence-corrected chi connectivity index (χ2v) is 4.97. The van der Waals surface area contributed by atoms with Gasteiger partial charge >= 0.3 is 0 Å². The van der Waals surface area contributed by atoms with Gasteiger partial charge in [0.05, 0.1) is 0 Å². The molecule has 1 aromatic rings. The Morgan fingerprint density at radius 2 is 1.95 bits per heavy atom. The first-order chi connectivity index (χ1) is 9.04. The predicted molar refractivity (Wildman–Crippen MR) is 76.7 cm³/mol. The molecule has 0 saturated heterocycles. The monoisotopic (exact) mass is 264 g/mol. The fourth-order valence-corrected chi connectivity index (χ4v) is 1.84. The Morgan fingerprint density at radius 1 is 1.32 bits per heavy atom. The van der Waals surface area contributed by atoms with Crippen molar-refractivity contribution in [2.24, 2.45) is 5.73 Å². The zero-order valence-electron chi connectivity index (χ0n) is 12.0. The molecular weight excluding hydrogens is 240 g/mol. The maximum Gasteiger partial charge on any atom is 0.223 e. The van der Waals surface area contributed by atoms with E-state index < -0.39 is 0 Å². The minimum Gasteiger partial charge on any atom is -0.349 e. The number of nitrogens with zero attached hydrogens (tertiary/aromatic N) is 3. The molecule has 0 aliphatic rings. The number of carbonyl (C=O) groups is 1. The van der Waals surface area contributed by atoms with Gasteiger partial charge in [0.25, 0.3) is 0 Å². The Kier molecular flexibility index (Phi) is 6.45. The lowest BCUT2D eigenvalue weighted by Crippen LogP contribution is -2.42. The smallest absolute Gasteiger partial charge is 0.223 e. The van der Waals surface area contributed by atoms with Gasteiger partial charge in [-0.3, -0.25) is 9.78 Å². The summed E-state index contributed by atoms with van der Waals surface area (Å²) in [5.74, 6) is 0.117. The van der Waals surface area contributed by atoms with Gasteiger partial charge in [-0.15, -0.1) is 0 Å². The Hall–Kier alpha value is -1.46. The van der Waals surface area contributed by atoms with Crippen molar-refractivity contribution in [1.82, 2.24) is 14.8 Å². The summed E-state index contributed by atoms with van der Waals surface area (Å²) < 4.78 is 0. The van der Waals surface area contributed by atoms with Crippen molar-refractivity contribution >= 4 is 5.91 Å². The number of aromatic nitrogens is 1. The van der Waals surface area contributed by atoms with Crippen LogP contribution < -0.4 is 5.73 Å². The molecule has 5 heteroatoms. The van der Waals surface area contributed by atoms with Crippen LogP contribution in [0.4, 0.5) is 0 Å². The van der Waals surface area contributed by atoms with Crippen LogP contribution >= 0.6 is 0 Å². The van der Waals surface area contributed by atoms with Gasteiger partial charge in [-0.1, -0.05) is 0 Å². The number of hydrogen-bond acceptors (Lipinski definition) is 4. The molecule has 1 aromatic heterocycles. The van der Waals surface area contributed by atoms with E-state index in [0.717, 1.165) is 13.0 Å². The molecule has 0 aliphatic carbocycles. The molecule has 0 saturated carbocycles. The van der Waals surface area contributed by atoms with Crippen molar-refractivity contribution < 1.29 is 4.79 Å². The van der Waals surface area contributed by atoms with Crippen LogP contribution in [0, 0.1) is 0 Å². The average Bonchev–Trinajstić information content (AvgIpc) is 2.42. The molecule has 1 unspecified atom stereocenters. The quantitative estimate of drug-likeness (QED) is 0.772. The van der Waals surface area contributed by atoms with Crippen LogP contribution in [0.15, 0.2) is 24.5 Å². The van der Waals surface area contributed by atoms with E-state index in [-0.39, 0.29) is 11.9 Å². The molecule has 0 bridgehead atoms. The van der Waals surface area contributed by atoms with E-state index in [1.807, 2.05) is 19.2 Å². The van der Waals surface area contributed by atoms with Crippen LogP contribution in [-0.4, -0.2) is 61.0 Å². The Morgan fingerprint density at radius 3 is 2.47 bits per heavy atom. The van der Waals surface area contributed by atoms with Gasteiger partial charge in [0, 0.05) is 52.0 Å². The van der Waals surface area contributed by atoms with Crippen molar-refractivity contribution in [3.63, 3.8) is 0 Å². The topological polar surface area (TPSA) is 62.5 Å². The molecule has 19 heavy (non-hydrogen) atoms. The van der Waals surface area contributed by atoms with Crippen molar-refractivity contribution in [3.05, 3.63) is 30.1 Å². The Bertz CT molecular complexity index is 380. The highest BCUT2D eigenvalue weighted by molar-refractivity contribution is 5.76. The summed E-state index contributed by atoms with van der Waals surface area (Å²) in [6.07, 6.45) is 5.00. The predicted octanol–water partition coefficient (Wildman–Crippen LogP) is 0.362. The highest BCUT2D eigenvalue weighted by Gasteiger charge is 2.17. The normalized spacial score (nSPS) is 12.5. The minimum atomic E-state index is 0.0942. The summed E-state index contributed by atoms with van der Waals surface area (Å²) in [5.41, 5.74) is 7.02. The highest BCUT2D eigenvalue weighted by Crippen LogP contribution is 2.05. The van der Waals surface area contributed by atoms with Crippen LogP contribution in [0.25, 0.3) is 0 Å². The van der Waals surface area contributed by atoms with Crippen molar-refractivity contribution in [3.8, 4) is 0 Å². The van der Waals surface area contributed by atoms with Gasteiger partial charge in [-0.05, 0) is 31.2 Å². The van der Waals surface area contributed by atoms with Gasteiger partial charge in [0.1, 0.15) is 0 Å². The molecular formula is C14H24N4O. The number of hydrogen-bond donors (Lipinski definition) is 1. The number of amides is 1. The average molecular weight is 264 g/mol. The summed E-state index contributed by atoms with van der Waals surface area (Å²) in [7, 11) is 5.56. The zero-order chi connectivity index (χ0) is 14.3. The lowest BCUT2D eigenvalue weighted by Gasteiger charge is -2.27. The SMILES string of the molecule is CN(C)C(=O)CC(CN)N(C)CCc1ccncc1. The number of rotatable bonds is 7. The van der Waals surface area contributed by atoms with E-state index in [1.165, 1.54) is 5.56 Å². The van der Waals surface area contributed by atoms with Gasteiger partial charge in [-0.25, -0.2) is 0 Å². The van der Waals surface area contributed by atoms with E-state index in [0.29, 0.717) is 13.0 Å². The molecule has 1 amide bonds. The molecule has 1 heterocycles. The summed E-state index contributed by atoms with van der Waals surface area (Å²) in [4.78, 5) is 19.5. The molecule has 1 atom stereocenters. The molecule has 0 radical (unpaired) electrons. The molecule has 0 spiro atoms. The van der Waals surface area contributed by atoms with E-state index in [2.05, 4.69) is 9.88 Å². The first-order valence-electron chi connectivity index (χ1n) is 6.54. The Labute approximate surface area is 115 Å². The lowest BCUT2D eigenvalue weighted by molar-refractivity contribution is -0.129. The van der Waals surface area contributed by atoms with Crippen molar-refractivity contribution in [2.45, 2.75) is 18.9 Å². The summed E-state index contributed by atoms with van der Waals surface area (Å²) in [6.45, 7) is 1.37. The number of carbonyl (C=O) groups excluding carboxylic acids is 1. The fourth-order valence-electron chi connectivity index (χ4n) is 1.84. The third-order valence-electron chi connectivity index (χ3n) is 3.31. The third-order valence-corrected chi connectivity index (χ3v) is 3.31. The molecule has 1 rings (SSSR count). The van der Waals surface area contributed by atoms with Gasteiger partial charge in [0.2, 0.25) is 5.91 Å². The van der Waals surface area contributed by atoms with Crippen LogP contribution in [0.5, 0.6) is 0 Å². The maximum atomic E-state index is 11.7. The largest absolute Gasteiger partial charge is 0.349 e. The number of nitrogens with two attached hydrogens (primary N) is 1. The fraction of sp³-hybridized carbons (Fsp3) is 0.571. The van der Waals surface area contributed by atoms with Crippen molar-refractivity contribution in [2.75, 3.05) is 34.2 Å². The first kappa shape index (κ1) is 15.6. The standard InChI is InChI=1S/C14H24N4O/c1-17(2)14(19)10-13(11-15)18(3)9-6-12-4-7-16-8-5-12/h4-5,7-8,13H,6,9-11,15H2,1-3H3. The molecule has 5 nitrogen and oxygen atoms in total. The van der Waals surface area contributed by atoms with Crippen LogP contribution in [0.1, 0.15) is 12.0 Å². The van der Waals surface area contributed by atoms with Crippen LogP contribution in [0.2, 0.25) is 0 Å². The number of pyridine rings is 1. The maximum absolute atomic E-state index is 11.7. The lowest BCUT2D eigenvalue weighted by atomic mass is 10.1. The molecule has 2 N–H and O–H groups in total. The zero-order valence-corrected chi connectivity index (χ0v) is 12.0. The van der Waals surface area contributed by atoms with E-state index in [1.54, 1.807) is 31.4 Å². The summed E-state index contributed by atoms with van der Waals surface area (Å²) in [6, 6.07) is 4.11. The van der Waals surface area contributed by atoms with E-state index in [9.17, 15) is 4.79 Å². The van der Waals surface area contributed by atoms with Gasteiger partial charge in [0.15, 0.2) is 0 Å². The van der Waals surface area contributed by atoms with Crippen LogP contribution in [-0.2, 0) is 11.2 Å². The second kappa shape index (κ2) is 7.86. The third kappa shape index (κ3) is 5.36. The molecule has 0 aromatic carbocycles. The second-order valence-electron chi connectivity index (χ2n) is 4.97. The highest BCUT2D eigenvalue weighted by atomic mass is 16.2.